The number of hydrogen-bond donors (Lipinski definition) is 0. The third-order valence-corrected chi connectivity index (χ3v) is 0. The van der Waals surface area contributed by atoms with Crippen molar-refractivity contribution in [1.82, 2.24) is 0 Å². The molecule has 0 fully saturated rings. The van der Waals surface area contributed by atoms with E-state index in [1.165, 1.54) is 0 Å². The largest absolute Gasteiger partial charge is 0.693 e. The first-order chi connectivity index (χ1) is 0. The van der Waals surface area contributed by atoms with Crippen molar-refractivity contribution in [2.75, 3.05) is 0 Å². The molecule has 0 atom stereocenters. The molecule has 2 N–H and O–H groups in total. The predicted octanol–water partition coefficient (Wildman–Crippen LogP) is 1.35. The van der Waals surface area contributed by atoms with Crippen LogP contribution in [0.5, 0.6) is 0 Å². The molecular weight excluding hydrogens is 479 g/mol. The Morgan fingerprint density at radius 2 is 1.00 bits per heavy atom. The second-order valence-corrected chi connectivity index (χ2v) is 0. The third-order valence-electron chi connectivity index (χ3n) is 0. The van der Waals surface area contributed by atoms with Crippen molar-refractivity contribution in [1.29, 1.82) is 0 Å². The first-order valence-corrected chi connectivity index (χ1v) is 0. The van der Waals surface area contributed by atoms with Crippen molar-refractivity contribution in [2.45, 2.75) is 7.43 Å². The van der Waals surface area contributed by atoms with Crippen molar-refractivity contribution in [2.24, 2.45) is 0 Å². The zero-order valence-electron chi connectivity index (χ0n) is 1.66. The molecule has 0 saturated carbocycles. The van der Waals surface area contributed by atoms with E-state index in [0.717, 1.165) is 0 Å². The topological polar surface area (TPSA) is 33.5 Å². The van der Waals surface area contributed by atoms with Crippen LogP contribution in [-0.2, 0) is 20.4 Å². The monoisotopic (exact) mass is 486 g/mol. The molecule has 0 unspecified atom stereocenters. The molecule has 0 aromatic carbocycles. The van der Waals surface area contributed by atoms with Gasteiger partial charge in [-0.05, 0) is 0 Å². The van der Waals surface area contributed by atoms with E-state index in [9.17, 15) is 0 Å². The van der Waals surface area contributed by atoms with Crippen molar-refractivity contribution in [3.63, 3.8) is 0 Å². The van der Waals surface area contributed by atoms with Gasteiger partial charge in [-0.25, -0.2) is 0 Å². The summed E-state index contributed by atoms with van der Waals surface area (Å²) in [6, 6.07) is 0. The van der Waals surface area contributed by atoms with Crippen LogP contribution in [0.2, 0.25) is 0 Å². The van der Waals surface area contributed by atoms with E-state index in [0.29, 0.717) is 0 Å². The summed E-state index contributed by atoms with van der Waals surface area (Å²) in [5, 5.41) is 0. The summed E-state index contributed by atoms with van der Waals surface area (Å²) in [5.41, 5.74) is 0. The third kappa shape index (κ3) is 4.41. The summed E-state index contributed by atoms with van der Waals surface area (Å²) in [6.07, 6.45) is 0. The van der Waals surface area contributed by atoms with Gasteiger partial charge in [-0.3, -0.25) is 0 Å². The molecule has 0 aromatic rings. The molecule has 25 valence electrons. The summed E-state index contributed by atoms with van der Waals surface area (Å²) in [5.74, 6) is 0. The van der Waals surface area contributed by atoms with Gasteiger partial charge in [0.15, 0.2) is 0 Å². The molecular formula is CH6NReRf-. The van der Waals surface area contributed by atoms with Gasteiger partial charge in [-0.15, -0.1) is 0 Å². The molecule has 0 aliphatic heterocycles. The number of hydrogen-bond acceptors (Lipinski definition) is 0. The zero-order valence-corrected chi connectivity index (χ0v) is 10.8. The molecule has 0 aliphatic rings. The smallest absolute Gasteiger partial charge is 0 e. The summed E-state index contributed by atoms with van der Waals surface area (Å²) in [4.78, 5) is 0. The second kappa shape index (κ2) is 48.4. The molecule has 4 heavy (non-hydrogen) atoms. The van der Waals surface area contributed by atoms with Gasteiger partial charge in [-0.2, -0.15) is 0 Å². The molecule has 0 bridgehead atoms. The summed E-state index contributed by atoms with van der Waals surface area (Å²) in [7, 11) is 0. The summed E-state index contributed by atoms with van der Waals surface area (Å²) in [6.45, 7) is 0. The fourth-order valence-electron chi connectivity index (χ4n) is 0. The van der Waals surface area contributed by atoms with Gasteiger partial charge in [0.05, 0.1) is 0 Å². The van der Waals surface area contributed by atoms with E-state index in [4.69, 9.17) is 0 Å². The fraction of sp³-hybridized carbons (Fsp3) is 1.00. The summed E-state index contributed by atoms with van der Waals surface area (Å²) < 4.78 is 0. The Hall–Kier alpha value is -0.378. The minimum Gasteiger partial charge on any atom is -0.693 e. The van der Waals surface area contributed by atoms with Gasteiger partial charge in [0, 0.05) is 20.4 Å². The van der Waals surface area contributed by atoms with E-state index in [2.05, 4.69) is 0 Å². The average molecular weight is 485 g/mol. The van der Waals surface area contributed by atoms with Crippen LogP contribution in [0, 0.1) is 0 Å². The fourth-order valence-corrected chi connectivity index (χ4v) is 0. The minimum absolute atomic E-state index is 0. The Balaban J connectivity index is 0. The van der Waals surface area contributed by atoms with Gasteiger partial charge in [0.2, 0.25) is 0 Å². The van der Waals surface area contributed by atoms with Gasteiger partial charge >= 0.3 is 0 Å². The van der Waals surface area contributed by atoms with Crippen LogP contribution in [-0.4, -0.2) is 0 Å². The molecule has 0 heterocycles. The first-order valence-electron chi connectivity index (χ1n) is 0. The van der Waals surface area contributed by atoms with Crippen molar-refractivity contribution in [3.05, 3.63) is 6.15 Å². The number of nitrogens with two attached hydrogens (primary N) is 1. The molecule has 0 spiro atoms. The zero-order chi connectivity index (χ0) is 0. The number of rotatable bonds is 0. The second-order valence-electron chi connectivity index (χ2n) is 0. The van der Waals surface area contributed by atoms with Crippen LogP contribution in [0.15, 0.2) is 0 Å². The van der Waals surface area contributed by atoms with Crippen LogP contribution in [0.1, 0.15) is 7.43 Å². The van der Waals surface area contributed by atoms with Gasteiger partial charge in [0.1, 0.15) is 0 Å². The Morgan fingerprint density at radius 3 is 1.00 bits per heavy atom. The average Bonchev–Trinajstić information content (AvgIpc) is 0. The maximum Gasteiger partial charge on any atom is 0 e. The Bertz CT molecular complexity index is 8.00. The molecule has 0 saturated heterocycles. The van der Waals surface area contributed by atoms with Gasteiger partial charge in [0.25, 0.3) is 0 Å². The normalized spacial score (nSPS) is 0. The predicted molar refractivity (Wildman–Crippen MR) is 12.0 cm³/mol. The van der Waals surface area contributed by atoms with Gasteiger partial charge in [-0.1, -0.05) is 7.43 Å². The Kier molecular flexibility index (Phi) is 2110. The maximum absolute atomic E-state index is 0. The maximum atomic E-state index is 0. The van der Waals surface area contributed by atoms with Crippen LogP contribution in [0.4, 0.5) is 0 Å². The van der Waals surface area contributed by atoms with Crippen LogP contribution < -0.4 is 0 Å². The first kappa shape index (κ1) is 175. The van der Waals surface area contributed by atoms with Crippen LogP contribution in [0.25, 0.3) is 6.15 Å². The molecule has 0 rings (SSSR count). The molecule has 0 aromatic heterocycles. The van der Waals surface area contributed by atoms with E-state index in [-0.39, 0.29) is 34.0 Å². The van der Waals surface area contributed by atoms with Crippen LogP contribution in [0.3, 0.4) is 0 Å². The molecule has 3 heteroatoms. The van der Waals surface area contributed by atoms with E-state index in [1.54, 1.807) is 0 Å². The Labute approximate surface area is 34.7 Å². The van der Waals surface area contributed by atoms with Crippen LogP contribution >= 0.6 is 0 Å². The molecule has 0 amide bonds. The molecule has 1 radical (unpaired) electrons. The minimum atomic E-state index is 0. The van der Waals surface area contributed by atoms with Gasteiger partial charge < -0.3 is 6.15 Å². The van der Waals surface area contributed by atoms with E-state index < -0.39 is 0 Å². The van der Waals surface area contributed by atoms with Crippen molar-refractivity contribution < 1.29 is 20.4 Å². The van der Waals surface area contributed by atoms with Crippen molar-refractivity contribution >= 4 is 0 Å². The SMILES string of the molecule is C.[NH2-].[Re].[Rf]. The quantitative estimate of drug-likeness (QED) is 0.497. The van der Waals surface area contributed by atoms with Crippen molar-refractivity contribution in [3.8, 4) is 0 Å². The van der Waals surface area contributed by atoms with E-state index >= 15 is 0 Å². The molecule has 0 aliphatic carbocycles. The van der Waals surface area contributed by atoms with E-state index in [1.807, 2.05) is 0 Å². The Morgan fingerprint density at radius 1 is 1.00 bits per heavy atom. The summed E-state index contributed by atoms with van der Waals surface area (Å²) >= 11 is 0. The standard InChI is InChI=1S/CH4.H2N.Re.Rf/h1H4;1H2;;/q;-1;;. The molecule has 1 nitrogen and oxygen atoms in total.